The van der Waals surface area contributed by atoms with E-state index in [4.69, 9.17) is 10.5 Å². The molecule has 0 aliphatic heterocycles. The third kappa shape index (κ3) is 4.55. The number of rotatable bonds is 6. The number of carbonyl (C=O) groups is 2. The molecule has 1 aliphatic rings. The summed E-state index contributed by atoms with van der Waals surface area (Å²) < 4.78 is 5.49. The maximum absolute atomic E-state index is 11.5. The summed E-state index contributed by atoms with van der Waals surface area (Å²) in [4.78, 5) is 22.1. The van der Waals surface area contributed by atoms with E-state index in [9.17, 15) is 9.59 Å². The number of ether oxygens (including phenoxy) is 1. The lowest BCUT2D eigenvalue weighted by Crippen LogP contribution is -2.42. The highest BCUT2D eigenvalue weighted by Crippen LogP contribution is 2.20. The van der Waals surface area contributed by atoms with Crippen molar-refractivity contribution in [3.05, 3.63) is 29.8 Å². The molecule has 20 heavy (non-hydrogen) atoms. The van der Waals surface area contributed by atoms with Crippen molar-refractivity contribution in [2.24, 2.45) is 5.73 Å². The molecule has 0 radical (unpaired) electrons. The van der Waals surface area contributed by atoms with Crippen LogP contribution in [-0.2, 0) is 11.3 Å². The smallest absolute Gasteiger partial charge is 0.318 e. The summed E-state index contributed by atoms with van der Waals surface area (Å²) in [5.74, 6) is 0.0335. The van der Waals surface area contributed by atoms with Crippen LogP contribution in [0.3, 0.4) is 0 Å². The minimum absolute atomic E-state index is 0.556. The first kappa shape index (κ1) is 14.3. The largest absolute Gasteiger partial charge is 0.481 e. The van der Waals surface area contributed by atoms with E-state index in [1.54, 1.807) is 13.0 Å². The molecule has 6 nitrogen and oxygen atoms in total. The van der Waals surface area contributed by atoms with Gasteiger partial charge in [-0.3, -0.25) is 10.1 Å². The fourth-order valence-corrected chi connectivity index (χ4v) is 1.76. The maximum Gasteiger partial charge on any atom is 0.318 e. The summed E-state index contributed by atoms with van der Waals surface area (Å²) in [5.41, 5.74) is 5.98. The number of primary amides is 1. The molecule has 1 saturated carbocycles. The third-order valence-corrected chi connectivity index (χ3v) is 3.00. The second-order valence-corrected chi connectivity index (χ2v) is 4.92. The number of urea groups is 1. The predicted octanol–water partition coefficient (Wildman–Crippen LogP) is 0.901. The molecule has 6 heteroatoms. The number of imide groups is 1. The molecule has 1 fully saturated rings. The summed E-state index contributed by atoms with van der Waals surface area (Å²) in [6.07, 6.45) is 1.69. The van der Waals surface area contributed by atoms with Gasteiger partial charge in [0.15, 0.2) is 6.10 Å². The number of nitrogens with two attached hydrogens (primary N) is 1. The van der Waals surface area contributed by atoms with Gasteiger partial charge in [0.1, 0.15) is 5.75 Å². The van der Waals surface area contributed by atoms with E-state index in [0.717, 1.165) is 12.1 Å². The van der Waals surface area contributed by atoms with Gasteiger partial charge < -0.3 is 15.8 Å². The number of hydrogen-bond donors (Lipinski definition) is 3. The Morgan fingerprint density at radius 1 is 1.45 bits per heavy atom. The molecule has 108 valence electrons. The first-order valence-electron chi connectivity index (χ1n) is 6.64. The Hall–Kier alpha value is -2.08. The van der Waals surface area contributed by atoms with Crippen LogP contribution in [0.4, 0.5) is 4.79 Å². The van der Waals surface area contributed by atoms with Gasteiger partial charge in [0, 0.05) is 12.6 Å². The maximum atomic E-state index is 11.5. The van der Waals surface area contributed by atoms with E-state index in [0.29, 0.717) is 11.8 Å². The number of amides is 3. The molecule has 1 unspecified atom stereocenters. The van der Waals surface area contributed by atoms with Gasteiger partial charge in [-0.2, -0.15) is 0 Å². The highest BCUT2D eigenvalue weighted by atomic mass is 16.5. The van der Waals surface area contributed by atoms with Crippen LogP contribution in [0, 0.1) is 0 Å². The van der Waals surface area contributed by atoms with Crippen LogP contribution < -0.4 is 21.1 Å². The monoisotopic (exact) mass is 277 g/mol. The lowest BCUT2D eigenvalue weighted by Gasteiger charge is -2.14. The van der Waals surface area contributed by atoms with Crippen LogP contribution in [-0.4, -0.2) is 24.1 Å². The van der Waals surface area contributed by atoms with Gasteiger partial charge in [0.2, 0.25) is 0 Å². The molecule has 0 bridgehead atoms. The van der Waals surface area contributed by atoms with Crippen molar-refractivity contribution in [3.63, 3.8) is 0 Å². The van der Waals surface area contributed by atoms with Crippen molar-refractivity contribution in [3.8, 4) is 5.75 Å². The number of hydrogen-bond acceptors (Lipinski definition) is 4. The van der Waals surface area contributed by atoms with Crippen molar-refractivity contribution in [1.29, 1.82) is 0 Å². The number of nitrogens with one attached hydrogen (secondary N) is 2. The van der Waals surface area contributed by atoms with Gasteiger partial charge >= 0.3 is 6.03 Å². The second kappa shape index (κ2) is 6.38. The van der Waals surface area contributed by atoms with Crippen LogP contribution >= 0.6 is 0 Å². The average Bonchev–Trinajstić information content (AvgIpc) is 3.20. The fourth-order valence-electron chi connectivity index (χ4n) is 1.76. The minimum atomic E-state index is -0.882. The summed E-state index contributed by atoms with van der Waals surface area (Å²) in [7, 11) is 0. The molecule has 1 aromatic carbocycles. The first-order chi connectivity index (χ1) is 9.54. The highest BCUT2D eigenvalue weighted by molar-refractivity contribution is 5.95. The average molecular weight is 277 g/mol. The van der Waals surface area contributed by atoms with Crippen LogP contribution in [0.1, 0.15) is 25.3 Å². The number of benzene rings is 1. The quantitative estimate of drug-likeness (QED) is 0.720. The van der Waals surface area contributed by atoms with Gasteiger partial charge in [-0.25, -0.2) is 4.79 Å². The zero-order valence-corrected chi connectivity index (χ0v) is 11.4. The second-order valence-electron chi connectivity index (χ2n) is 4.92. The summed E-state index contributed by atoms with van der Waals surface area (Å²) in [6, 6.07) is 7.28. The van der Waals surface area contributed by atoms with E-state index in [1.165, 1.54) is 12.8 Å². The number of carbonyl (C=O) groups excluding carboxylic acids is 2. The standard InChI is InChI=1S/C14H19N3O3/c1-9(13(18)17-14(15)19)20-12-4-2-3-10(7-12)8-16-11-5-6-11/h2-4,7,9,11,16H,5-6,8H2,1H3,(H3,15,17,18,19). The van der Waals surface area contributed by atoms with Crippen molar-refractivity contribution in [1.82, 2.24) is 10.6 Å². The molecule has 0 saturated heterocycles. The zero-order chi connectivity index (χ0) is 14.5. The lowest BCUT2D eigenvalue weighted by molar-refractivity contribution is -0.126. The Labute approximate surface area is 117 Å². The lowest BCUT2D eigenvalue weighted by atomic mass is 10.2. The van der Waals surface area contributed by atoms with Crippen LogP contribution in [0.2, 0.25) is 0 Å². The summed E-state index contributed by atoms with van der Waals surface area (Å²) in [6.45, 7) is 2.34. The van der Waals surface area contributed by atoms with Crippen molar-refractivity contribution < 1.29 is 14.3 Å². The van der Waals surface area contributed by atoms with Crippen LogP contribution in [0.25, 0.3) is 0 Å². The molecule has 1 aliphatic carbocycles. The topological polar surface area (TPSA) is 93.4 Å². The van der Waals surface area contributed by atoms with Crippen molar-refractivity contribution >= 4 is 11.9 Å². The molecule has 0 aromatic heterocycles. The van der Waals surface area contributed by atoms with Gasteiger partial charge in [0.05, 0.1) is 0 Å². The molecule has 1 aromatic rings. The molecule has 3 amide bonds. The molecule has 0 spiro atoms. The molecule has 2 rings (SSSR count). The van der Waals surface area contributed by atoms with E-state index >= 15 is 0 Å². The van der Waals surface area contributed by atoms with Gasteiger partial charge in [-0.1, -0.05) is 12.1 Å². The minimum Gasteiger partial charge on any atom is -0.481 e. The van der Waals surface area contributed by atoms with E-state index < -0.39 is 18.0 Å². The van der Waals surface area contributed by atoms with Gasteiger partial charge in [-0.05, 0) is 37.5 Å². The Kier molecular flexibility index (Phi) is 4.57. The normalized spacial score (nSPS) is 15.4. The first-order valence-corrected chi connectivity index (χ1v) is 6.64. The Bertz CT molecular complexity index is 500. The van der Waals surface area contributed by atoms with Crippen molar-refractivity contribution in [2.45, 2.75) is 38.5 Å². The molecule has 4 N–H and O–H groups in total. The Morgan fingerprint density at radius 2 is 2.20 bits per heavy atom. The molecule has 0 heterocycles. The fraction of sp³-hybridized carbons (Fsp3) is 0.429. The van der Waals surface area contributed by atoms with Gasteiger partial charge in [-0.15, -0.1) is 0 Å². The summed E-state index contributed by atoms with van der Waals surface area (Å²) >= 11 is 0. The van der Waals surface area contributed by atoms with Crippen LogP contribution in [0.5, 0.6) is 5.75 Å². The third-order valence-electron chi connectivity index (χ3n) is 3.00. The summed E-state index contributed by atoms with van der Waals surface area (Å²) in [5, 5.41) is 5.39. The molecular weight excluding hydrogens is 258 g/mol. The van der Waals surface area contributed by atoms with Gasteiger partial charge in [0.25, 0.3) is 5.91 Å². The zero-order valence-electron chi connectivity index (χ0n) is 11.4. The molecule has 1 atom stereocenters. The van der Waals surface area contributed by atoms with E-state index in [1.807, 2.05) is 23.5 Å². The van der Waals surface area contributed by atoms with Crippen LogP contribution in [0.15, 0.2) is 24.3 Å². The molecular formula is C14H19N3O3. The predicted molar refractivity (Wildman–Crippen MR) is 74.1 cm³/mol. The Morgan fingerprint density at radius 3 is 2.85 bits per heavy atom. The van der Waals surface area contributed by atoms with E-state index in [-0.39, 0.29) is 0 Å². The van der Waals surface area contributed by atoms with Crippen molar-refractivity contribution in [2.75, 3.05) is 0 Å². The Balaban J connectivity index is 1.89. The SMILES string of the molecule is CC(Oc1cccc(CNC2CC2)c1)C(=O)NC(N)=O. The van der Waals surface area contributed by atoms with E-state index in [2.05, 4.69) is 5.32 Å². The highest BCUT2D eigenvalue weighted by Gasteiger charge is 2.20.